The molecule has 2 aromatic carbocycles. The van der Waals surface area contributed by atoms with E-state index in [9.17, 15) is 9.90 Å². The Kier molecular flexibility index (Phi) is 10.5. The molecule has 2 aliphatic carbocycles. The molecule has 5 rings (SSSR count). The molecule has 10 nitrogen and oxygen atoms in total. The summed E-state index contributed by atoms with van der Waals surface area (Å²) in [7, 11) is 0.505. The minimum atomic E-state index is -1.29. The van der Waals surface area contributed by atoms with Crippen molar-refractivity contribution in [3.8, 4) is 23.0 Å². The Morgan fingerprint density at radius 1 is 0.833 bits per heavy atom. The molecule has 3 atom stereocenters. The molecule has 48 heavy (non-hydrogen) atoms. The van der Waals surface area contributed by atoms with Crippen LogP contribution in [0.15, 0.2) is 17.7 Å². The maximum Gasteiger partial charge on any atom is 0.196 e. The van der Waals surface area contributed by atoms with Gasteiger partial charge in [0.25, 0.3) is 0 Å². The summed E-state index contributed by atoms with van der Waals surface area (Å²) in [6, 6.07) is 5.60. The van der Waals surface area contributed by atoms with Gasteiger partial charge in [-0.1, -0.05) is 46.2 Å². The molecule has 1 unspecified atom stereocenters. The van der Waals surface area contributed by atoms with Crippen molar-refractivity contribution in [1.29, 1.82) is 0 Å². The van der Waals surface area contributed by atoms with Crippen LogP contribution < -0.4 is 18.9 Å². The molecule has 3 aliphatic rings. The van der Waals surface area contributed by atoms with Gasteiger partial charge in [-0.05, 0) is 44.5 Å². The summed E-state index contributed by atoms with van der Waals surface area (Å²) in [6.45, 7) is 20.7. The van der Waals surface area contributed by atoms with Gasteiger partial charge in [-0.25, -0.2) is 0 Å². The smallest absolute Gasteiger partial charge is 0.196 e. The van der Waals surface area contributed by atoms with Crippen molar-refractivity contribution < 1.29 is 47.8 Å². The molecule has 1 aliphatic heterocycles. The maximum atomic E-state index is 14.6. The number of hydrogen-bond donors (Lipinski definition) is 1. The second kappa shape index (κ2) is 13.7. The van der Waals surface area contributed by atoms with Crippen molar-refractivity contribution in [3.63, 3.8) is 0 Å². The standard InChI is InChI=1S/C36H54O10Si2/c1-12-36-19-22(37)25-28-29(31(38)30(25)34(36)45-35(2,3)46-36)33(40-5)27-24(44-21-42-16-18-48(9,10)11)14-13-23(26(27)32(28)39-4)43-20-41-15-17-47(6,7)8/h13-14,22,34,37H,12,15-21H2,1-11H3/t22?,34-,36+/m1/s1. The summed E-state index contributed by atoms with van der Waals surface area (Å²) in [5, 5.41) is 12.9. The van der Waals surface area contributed by atoms with E-state index in [4.69, 9.17) is 37.9 Å². The first kappa shape index (κ1) is 36.8. The van der Waals surface area contributed by atoms with Crippen molar-refractivity contribution in [2.75, 3.05) is 41.0 Å². The largest absolute Gasteiger partial charge is 0.495 e. The predicted molar refractivity (Wildman–Crippen MR) is 191 cm³/mol. The van der Waals surface area contributed by atoms with Gasteiger partial charge in [0, 0.05) is 52.5 Å². The van der Waals surface area contributed by atoms with E-state index in [1.54, 1.807) is 19.2 Å². The van der Waals surface area contributed by atoms with Gasteiger partial charge in [0.2, 0.25) is 0 Å². The third kappa shape index (κ3) is 7.08. The van der Waals surface area contributed by atoms with Gasteiger partial charge in [0.15, 0.2) is 25.2 Å². The van der Waals surface area contributed by atoms with Crippen molar-refractivity contribution in [2.45, 2.75) is 109 Å². The summed E-state index contributed by atoms with van der Waals surface area (Å²) >= 11 is 0. The van der Waals surface area contributed by atoms with Crippen molar-refractivity contribution in [1.82, 2.24) is 0 Å². The van der Waals surface area contributed by atoms with E-state index >= 15 is 0 Å². The Balaban J connectivity index is 1.64. The highest BCUT2D eigenvalue weighted by atomic mass is 28.3. The van der Waals surface area contributed by atoms with E-state index in [2.05, 4.69) is 39.3 Å². The topological polar surface area (TPSA) is 111 Å². The fraction of sp³-hybridized carbons (Fsp3) is 0.639. The van der Waals surface area contributed by atoms with E-state index in [-0.39, 0.29) is 25.8 Å². The molecular weight excluding hydrogens is 649 g/mol. The highest BCUT2D eigenvalue weighted by Gasteiger charge is 2.61. The number of aliphatic hydroxyl groups excluding tert-OH is 1. The van der Waals surface area contributed by atoms with Crippen LogP contribution in [0.4, 0.5) is 0 Å². The molecule has 12 heteroatoms. The number of rotatable bonds is 15. The lowest BCUT2D eigenvalue weighted by Crippen LogP contribution is -2.48. The maximum absolute atomic E-state index is 14.6. The summed E-state index contributed by atoms with van der Waals surface area (Å²) in [5.41, 5.74) is 0.750. The third-order valence-corrected chi connectivity index (χ3v) is 12.8. The summed E-state index contributed by atoms with van der Waals surface area (Å²) < 4.78 is 49.4. The van der Waals surface area contributed by atoms with E-state index in [0.29, 0.717) is 75.7 Å². The number of carbonyl (C=O) groups is 1. The molecule has 1 N–H and O–H groups in total. The summed E-state index contributed by atoms with van der Waals surface area (Å²) in [6.07, 6.45) is -0.873. The van der Waals surface area contributed by atoms with Crippen molar-refractivity contribution in [2.24, 2.45) is 0 Å². The van der Waals surface area contributed by atoms with Gasteiger partial charge in [0.05, 0.1) is 36.7 Å². The first-order valence-electron chi connectivity index (χ1n) is 17.0. The Hall–Kier alpha value is -2.46. The molecule has 266 valence electrons. The Labute approximate surface area is 287 Å². The van der Waals surface area contributed by atoms with Crippen LogP contribution in [0, 0.1) is 0 Å². The first-order valence-corrected chi connectivity index (χ1v) is 24.4. The highest BCUT2D eigenvalue weighted by molar-refractivity contribution is 6.76. The molecule has 0 amide bonds. The summed E-state index contributed by atoms with van der Waals surface area (Å²) in [5.74, 6) is 0.365. The van der Waals surface area contributed by atoms with Crippen molar-refractivity contribution in [3.05, 3.63) is 28.8 Å². The van der Waals surface area contributed by atoms with E-state index < -0.39 is 39.7 Å². The number of ketones is 1. The Morgan fingerprint density at radius 2 is 1.33 bits per heavy atom. The van der Waals surface area contributed by atoms with Crippen LogP contribution in [0.25, 0.3) is 16.3 Å². The Bertz CT molecular complexity index is 1570. The monoisotopic (exact) mass is 702 g/mol. The average molecular weight is 703 g/mol. The molecule has 1 fully saturated rings. The quantitative estimate of drug-likeness (QED) is 0.116. The predicted octanol–water partition coefficient (Wildman–Crippen LogP) is 7.25. The van der Waals surface area contributed by atoms with E-state index in [1.807, 2.05) is 20.8 Å². The van der Waals surface area contributed by atoms with Gasteiger partial charge in [-0.15, -0.1) is 0 Å². The van der Waals surface area contributed by atoms with Crippen LogP contribution >= 0.6 is 0 Å². The van der Waals surface area contributed by atoms with Crippen LogP contribution in [0.5, 0.6) is 23.0 Å². The number of ether oxygens (including phenoxy) is 8. The second-order valence-electron chi connectivity index (χ2n) is 15.9. The first-order chi connectivity index (χ1) is 22.5. The highest BCUT2D eigenvalue weighted by Crippen LogP contribution is 2.60. The van der Waals surface area contributed by atoms with Gasteiger partial charge in [-0.2, -0.15) is 0 Å². The molecule has 1 heterocycles. The van der Waals surface area contributed by atoms with Gasteiger partial charge in [0.1, 0.15) is 34.7 Å². The van der Waals surface area contributed by atoms with E-state index in [1.165, 1.54) is 7.11 Å². The number of aliphatic hydroxyl groups is 1. The van der Waals surface area contributed by atoms with Crippen LogP contribution in [-0.4, -0.2) is 91.7 Å². The zero-order valence-electron chi connectivity index (χ0n) is 30.6. The SMILES string of the molecule is CC[C@]12CC(O)C3=C(C(=O)c4c3c(OC)c3c(OCOCC[Si](C)(C)C)ccc(OCOCC[Si](C)(C)C)c3c4OC)[C@H]1OC(C)(C)O2. The third-order valence-electron chi connectivity index (χ3n) is 9.38. The molecule has 0 aromatic heterocycles. The van der Waals surface area contributed by atoms with Crippen LogP contribution in [0.2, 0.25) is 51.4 Å². The van der Waals surface area contributed by atoms with Crippen molar-refractivity contribution >= 4 is 38.3 Å². The fourth-order valence-corrected chi connectivity index (χ4v) is 8.47. The van der Waals surface area contributed by atoms with Gasteiger partial charge >= 0.3 is 0 Å². The number of methoxy groups -OCH3 is 2. The molecule has 1 saturated heterocycles. The van der Waals surface area contributed by atoms with Crippen LogP contribution in [0.3, 0.4) is 0 Å². The Morgan fingerprint density at radius 3 is 1.79 bits per heavy atom. The minimum Gasteiger partial charge on any atom is -0.495 e. The van der Waals surface area contributed by atoms with E-state index in [0.717, 1.165) is 12.1 Å². The second-order valence-corrected chi connectivity index (χ2v) is 27.1. The number of carbonyl (C=O) groups excluding carboxylic acids is 1. The number of Topliss-reactive ketones (excluding diaryl/α,β-unsaturated/α-hetero) is 1. The molecule has 2 aromatic rings. The van der Waals surface area contributed by atoms with Crippen LogP contribution in [-0.2, 0) is 18.9 Å². The molecule has 0 spiro atoms. The van der Waals surface area contributed by atoms with Gasteiger partial charge < -0.3 is 43.0 Å². The van der Waals surface area contributed by atoms with Gasteiger partial charge in [-0.3, -0.25) is 4.79 Å². The minimum absolute atomic E-state index is 0.0188. The molecule has 0 saturated carbocycles. The zero-order valence-corrected chi connectivity index (χ0v) is 32.6. The molecule has 0 radical (unpaired) electrons. The normalized spacial score (nSPS) is 23.3. The number of fused-ring (bicyclic) bond motifs is 5. The lowest BCUT2D eigenvalue weighted by Gasteiger charge is -2.39. The molecule has 0 bridgehead atoms. The number of hydrogen-bond acceptors (Lipinski definition) is 10. The number of benzene rings is 2. The van der Waals surface area contributed by atoms with Crippen LogP contribution in [0.1, 0.15) is 49.5 Å². The zero-order chi connectivity index (χ0) is 35.2. The lowest BCUT2D eigenvalue weighted by atomic mass is 9.75. The summed E-state index contributed by atoms with van der Waals surface area (Å²) in [4.78, 5) is 14.6. The molecular formula is C36H54O10Si2. The lowest BCUT2D eigenvalue weighted by molar-refractivity contribution is -0.166. The fourth-order valence-electron chi connectivity index (χ4n) is 6.96. The average Bonchev–Trinajstić information content (AvgIpc) is 3.45.